The Morgan fingerprint density at radius 3 is 2.42 bits per heavy atom. The van der Waals surface area contributed by atoms with Gasteiger partial charge < -0.3 is 9.84 Å². The number of aliphatic hydroxyl groups is 1. The molecule has 1 N–H and O–H groups in total. The number of ketones is 1. The van der Waals surface area contributed by atoms with Gasteiger partial charge in [0.25, 0.3) is 5.91 Å². The van der Waals surface area contributed by atoms with Crippen molar-refractivity contribution in [3.8, 4) is 0 Å². The molecule has 0 spiro atoms. The number of nitrogens with zero attached hydrogens (tertiary/aromatic N) is 1. The molecule has 24 heavy (non-hydrogen) atoms. The molecule has 6 heteroatoms. The minimum absolute atomic E-state index is 0.306. The van der Waals surface area contributed by atoms with Crippen LogP contribution in [0.15, 0.2) is 30.3 Å². The van der Waals surface area contributed by atoms with Gasteiger partial charge in [-0.25, -0.2) is 5.06 Å². The molecular formula is C18H27NO5. The maximum absolute atomic E-state index is 12.3. The molecule has 0 aliphatic rings. The number of carbonyl (C=O) groups is 2. The van der Waals surface area contributed by atoms with E-state index in [4.69, 9.17) is 9.57 Å². The van der Waals surface area contributed by atoms with E-state index >= 15 is 0 Å². The molecule has 0 bridgehead atoms. The molecule has 6 nitrogen and oxygen atoms in total. The Labute approximate surface area is 143 Å². The summed E-state index contributed by atoms with van der Waals surface area (Å²) in [5, 5.41) is 11.2. The first-order valence-corrected chi connectivity index (χ1v) is 8.03. The van der Waals surface area contributed by atoms with Crippen molar-refractivity contribution in [1.29, 1.82) is 0 Å². The van der Waals surface area contributed by atoms with Crippen LogP contribution in [0.3, 0.4) is 0 Å². The molecule has 3 atom stereocenters. The average Bonchev–Trinajstić information content (AvgIpc) is 2.62. The van der Waals surface area contributed by atoms with E-state index in [1.54, 1.807) is 6.92 Å². The van der Waals surface area contributed by atoms with Gasteiger partial charge in [0.05, 0.1) is 25.7 Å². The summed E-state index contributed by atoms with van der Waals surface area (Å²) in [6.07, 6.45) is -0.516. The molecule has 0 aliphatic carbocycles. The van der Waals surface area contributed by atoms with Gasteiger partial charge in [0.2, 0.25) is 0 Å². The van der Waals surface area contributed by atoms with Crippen LogP contribution in [0, 0.1) is 11.8 Å². The molecule has 0 fully saturated rings. The standard InChI is InChI=1S/C18H27NO5/c1-13(17(21)14(2)18(22)19(3)23-4)16(20)10-11-24-12-15-8-6-5-7-9-15/h5-9,13-14,16,20H,10-12H2,1-4H3/t13-,14-,16+/m1/s1. The quantitative estimate of drug-likeness (QED) is 0.400. The number of hydrogen-bond donors (Lipinski definition) is 1. The maximum Gasteiger partial charge on any atom is 0.256 e. The van der Waals surface area contributed by atoms with Crippen LogP contribution in [0.2, 0.25) is 0 Å². The number of carbonyl (C=O) groups excluding carboxylic acids is 2. The van der Waals surface area contributed by atoms with Gasteiger partial charge in [-0.1, -0.05) is 37.3 Å². The fourth-order valence-corrected chi connectivity index (χ4v) is 2.29. The average molecular weight is 337 g/mol. The highest BCUT2D eigenvalue weighted by molar-refractivity contribution is 6.01. The van der Waals surface area contributed by atoms with Crippen LogP contribution >= 0.6 is 0 Å². The number of hydrogen-bond acceptors (Lipinski definition) is 5. The summed E-state index contributed by atoms with van der Waals surface area (Å²) in [5.41, 5.74) is 1.05. The zero-order valence-electron chi connectivity index (χ0n) is 14.8. The van der Waals surface area contributed by atoms with Gasteiger partial charge in [-0.2, -0.15) is 0 Å². The van der Waals surface area contributed by atoms with E-state index in [1.165, 1.54) is 21.1 Å². The number of ether oxygens (including phenoxy) is 1. The second-order valence-electron chi connectivity index (χ2n) is 5.83. The van der Waals surface area contributed by atoms with E-state index in [0.717, 1.165) is 10.6 Å². The number of rotatable bonds is 10. The Morgan fingerprint density at radius 1 is 1.21 bits per heavy atom. The first kappa shape index (κ1) is 20.3. The number of amides is 1. The van der Waals surface area contributed by atoms with E-state index in [2.05, 4.69) is 0 Å². The van der Waals surface area contributed by atoms with E-state index in [1.807, 2.05) is 30.3 Å². The third kappa shape index (κ3) is 6.03. The molecule has 0 unspecified atom stereocenters. The van der Waals surface area contributed by atoms with E-state index in [0.29, 0.717) is 19.6 Å². The Kier molecular flexibility index (Phi) is 8.60. The molecule has 1 amide bonds. The van der Waals surface area contributed by atoms with Gasteiger partial charge >= 0.3 is 0 Å². The Balaban J connectivity index is 2.39. The van der Waals surface area contributed by atoms with Crippen LogP contribution in [0.1, 0.15) is 25.8 Å². The van der Waals surface area contributed by atoms with Gasteiger partial charge in [-0.15, -0.1) is 0 Å². The molecule has 0 aromatic heterocycles. The van der Waals surface area contributed by atoms with Crippen molar-refractivity contribution in [2.45, 2.75) is 33.0 Å². The molecule has 0 saturated heterocycles. The predicted octanol–water partition coefficient (Wildman–Crippen LogP) is 1.82. The van der Waals surface area contributed by atoms with E-state index in [-0.39, 0.29) is 5.78 Å². The minimum atomic E-state index is -0.857. The summed E-state index contributed by atoms with van der Waals surface area (Å²) in [6, 6.07) is 9.72. The Bertz CT molecular complexity index is 519. The highest BCUT2D eigenvalue weighted by Crippen LogP contribution is 2.16. The molecule has 1 aromatic rings. The molecule has 0 radical (unpaired) electrons. The van der Waals surface area contributed by atoms with Crippen LogP contribution in [0.5, 0.6) is 0 Å². The second kappa shape index (κ2) is 10.2. The summed E-state index contributed by atoms with van der Waals surface area (Å²) >= 11 is 0. The monoisotopic (exact) mass is 337 g/mol. The van der Waals surface area contributed by atoms with Crippen molar-refractivity contribution in [2.24, 2.45) is 11.8 Å². The predicted molar refractivity (Wildman–Crippen MR) is 89.8 cm³/mol. The third-order valence-electron chi connectivity index (χ3n) is 4.08. The zero-order chi connectivity index (χ0) is 18.1. The molecule has 0 heterocycles. The smallest absolute Gasteiger partial charge is 0.256 e. The van der Waals surface area contributed by atoms with Crippen molar-refractivity contribution < 1.29 is 24.3 Å². The largest absolute Gasteiger partial charge is 0.392 e. The third-order valence-corrected chi connectivity index (χ3v) is 4.08. The van der Waals surface area contributed by atoms with Crippen molar-refractivity contribution in [3.63, 3.8) is 0 Å². The van der Waals surface area contributed by atoms with E-state index < -0.39 is 23.8 Å². The minimum Gasteiger partial charge on any atom is -0.392 e. The Morgan fingerprint density at radius 2 is 1.83 bits per heavy atom. The normalized spacial score (nSPS) is 14.7. The summed E-state index contributed by atoms with van der Waals surface area (Å²) in [4.78, 5) is 29.0. The molecule has 0 aliphatic heterocycles. The number of Topliss-reactive ketones (excluding diaryl/α,β-unsaturated/α-hetero) is 1. The number of aliphatic hydroxyl groups excluding tert-OH is 1. The van der Waals surface area contributed by atoms with Gasteiger partial charge in [-0.3, -0.25) is 14.4 Å². The number of benzene rings is 1. The molecule has 134 valence electrons. The first-order valence-electron chi connectivity index (χ1n) is 8.03. The molecule has 1 aromatic carbocycles. The van der Waals surface area contributed by atoms with Crippen LogP contribution in [0.4, 0.5) is 0 Å². The maximum atomic E-state index is 12.3. The Hall–Kier alpha value is -1.76. The van der Waals surface area contributed by atoms with Crippen LogP contribution in [0.25, 0.3) is 0 Å². The fourth-order valence-electron chi connectivity index (χ4n) is 2.29. The zero-order valence-corrected chi connectivity index (χ0v) is 14.8. The lowest BCUT2D eigenvalue weighted by molar-refractivity contribution is -0.174. The summed E-state index contributed by atoms with van der Waals surface area (Å²) < 4.78 is 5.52. The van der Waals surface area contributed by atoms with Crippen LogP contribution in [-0.2, 0) is 25.8 Å². The summed E-state index contributed by atoms with van der Waals surface area (Å²) in [5.74, 6) is -2.24. The highest BCUT2D eigenvalue weighted by atomic mass is 16.7. The lowest BCUT2D eigenvalue weighted by atomic mass is 9.89. The summed E-state index contributed by atoms with van der Waals surface area (Å²) in [6.45, 7) is 3.95. The lowest BCUT2D eigenvalue weighted by Crippen LogP contribution is -2.39. The molecular weight excluding hydrogens is 310 g/mol. The van der Waals surface area contributed by atoms with Crippen LogP contribution in [-0.4, -0.2) is 48.7 Å². The van der Waals surface area contributed by atoms with Crippen molar-refractivity contribution in [2.75, 3.05) is 20.8 Å². The van der Waals surface area contributed by atoms with Gasteiger partial charge in [-0.05, 0) is 18.9 Å². The van der Waals surface area contributed by atoms with Gasteiger partial charge in [0.1, 0.15) is 5.78 Å². The highest BCUT2D eigenvalue weighted by Gasteiger charge is 2.31. The van der Waals surface area contributed by atoms with Crippen molar-refractivity contribution >= 4 is 11.7 Å². The second-order valence-corrected chi connectivity index (χ2v) is 5.83. The summed E-state index contributed by atoms with van der Waals surface area (Å²) in [7, 11) is 2.81. The van der Waals surface area contributed by atoms with Crippen molar-refractivity contribution in [3.05, 3.63) is 35.9 Å². The lowest BCUT2D eigenvalue weighted by Gasteiger charge is -2.23. The fraction of sp³-hybridized carbons (Fsp3) is 0.556. The van der Waals surface area contributed by atoms with Gasteiger partial charge in [0, 0.05) is 19.6 Å². The SMILES string of the molecule is CON(C)C(=O)[C@H](C)C(=O)[C@H](C)[C@@H](O)CCOCc1ccccc1. The van der Waals surface area contributed by atoms with Crippen LogP contribution < -0.4 is 0 Å². The topological polar surface area (TPSA) is 76.1 Å². The van der Waals surface area contributed by atoms with Crippen molar-refractivity contribution in [1.82, 2.24) is 5.06 Å². The van der Waals surface area contributed by atoms with Gasteiger partial charge in [0.15, 0.2) is 0 Å². The molecule has 1 rings (SSSR count). The molecule has 0 saturated carbocycles. The first-order chi connectivity index (χ1) is 11.4. The number of hydroxylamine groups is 2. The van der Waals surface area contributed by atoms with E-state index in [9.17, 15) is 14.7 Å².